The van der Waals surface area contributed by atoms with Crippen LogP contribution in [0.4, 0.5) is 0 Å². The van der Waals surface area contributed by atoms with Gasteiger partial charge in [0.2, 0.25) is 0 Å². The number of alkyl halides is 1. The number of tetrazole rings is 1. The maximum atomic E-state index is 14.0. The van der Waals surface area contributed by atoms with Crippen molar-refractivity contribution in [1.29, 1.82) is 0 Å². The fraction of sp³-hybridized carbons (Fsp3) is 0.0556. The van der Waals surface area contributed by atoms with Crippen molar-refractivity contribution in [2.24, 2.45) is 0 Å². The Morgan fingerprint density at radius 1 is 0.619 bits per heavy atom. The molecular formula is C36H25BrN4O. The SMILES string of the molecule is O=c1c2ccccc2cc(-c2nnnn2C(c2ccccc2)(c2ccccc2)c2ccccc2)c2ccc(CBr)cc12. The Kier molecular flexibility index (Phi) is 6.68. The Labute approximate surface area is 251 Å². The van der Waals surface area contributed by atoms with Crippen LogP contribution >= 0.6 is 15.9 Å². The molecule has 0 fully saturated rings. The van der Waals surface area contributed by atoms with E-state index in [-0.39, 0.29) is 5.43 Å². The van der Waals surface area contributed by atoms with E-state index in [1.54, 1.807) is 0 Å². The molecule has 5 nitrogen and oxygen atoms in total. The zero-order chi connectivity index (χ0) is 28.5. The van der Waals surface area contributed by atoms with Crippen molar-refractivity contribution in [1.82, 2.24) is 20.2 Å². The average Bonchev–Trinajstić information content (AvgIpc) is 3.51. The van der Waals surface area contributed by atoms with Crippen molar-refractivity contribution in [3.05, 3.63) is 172 Å². The monoisotopic (exact) mass is 608 g/mol. The topological polar surface area (TPSA) is 60.7 Å². The van der Waals surface area contributed by atoms with E-state index in [9.17, 15) is 4.79 Å². The van der Waals surface area contributed by atoms with Gasteiger partial charge < -0.3 is 0 Å². The number of hydrogen-bond donors (Lipinski definition) is 0. The van der Waals surface area contributed by atoms with Crippen LogP contribution in [-0.2, 0) is 10.9 Å². The normalized spacial score (nSPS) is 11.6. The van der Waals surface area contributed by atoms with E-state index in [0.29, 0.717) is 21.9 Å². The summed E-state index contributed by atoms with van der Waals surface area (Å²) in [4.78, 5) is 14.0. The average molecular weight is 610 g/mol. The van der Waals surface area contributed by atoms with E-state index in [2.05, 4.69) is 62.6 Å². The summed E-state index contributed by atoms with van der Waals surface area (Å²) in [6, 6.07) is 46.7. The molecule has 42 heavy (non-hydrogen) atoms. The smallest absolute Gasteiger partial charge is 0.194 e. The molecule has 0 atom stereocenters. The van der Waals surface area contributed by atoms with Gasteiger partial charge in [0.15, 0.2) is 11.3 Å². The van der Waals surface area contributed by atoms with Gasteiger partial charge in [-0.2, -0.15) is 0 Å². The number of fused-ring (bicyclic) bond motifs is 2. The lowest BCUT2D eigenvalue weighted by Crippen LogP contribution is -2.39. The summed E-state index contributed by atoms with van der Waals surface area (Å²) in [5.41, 5.74) is 3.91. The van der Waals surface area contributed by atoms with Crippen LogP contribution in [-0.4, -0.2) is 20.2 Å². The predicted octanol–water partition coefficient (Wildman–Crippen LogP) is 7.74. The molecule has 0 saturated heterocycles. The van der Waals surface area contributed by atoms with Crippen molar-refractivity contribution in [3.63, 3.8) is 0 Å². The second-order valence-corrected chi connectivity index (χ2v) is 10.8. The first kappa shape index (κ1) is 26.0. The molecule has 0 aliphatic carbocycles. The fourth-order valence-corrected chi connectivity index (χ4v) is 6.32. The summed E-state index contributed by atoms with van der Waals surface area (Å²) in [6.45, 7) is 0. The van der Waals surface area contributed by atoms with Crippen molar-refractivity contribution >= 4 is 37.5 Å². The molecular weight excluding hydrogens is 584 g/mol. The summed E-state index contributed by atoms with van der Waals surface area (Å²) >= 11 is 3.56. The molecule has 6 aromatic carbocycles. The zero-order valence-corrected chi connectivity index (χ0v) is 24.1. The van der Waals surface area contributed by atoms with E-state index in [4.69, 9.17) is 5.21 Å². The molecule has 0 radical (unpaired) electrons. The lowest BCUT2D eigenvalue weighted by molar-refractivity contribution is 0.451. The molecule has 1 heterocycles. The van der Waals surface area contributed by atoms with Crippen LogP contribution in [0.3, 0.4) is 0 Å². The van der Waals surface area contributed by atoms with E-state index in [1.807, 2.05) is 108 Å². The Hall–Kier alpha value is -4.94. The summed E-state index contributed by atoms with van der Waals surface area (Å²) in [5.74, 6) is 0.559. The van der Waals surface area contributed by atoms with Crippen molar-refractivity contribution in [3.8, 4) is 11.4 Å². The first-order valence-electron chi connectivity index (χ1n) is 13.7. The zero-order valence-electron chi connectivity index (χ0n) is 22.6. The Balaban J connectivity index is 1.66. The fourth-order valence-electron chi connectivity index (χ4n) is 5.98. The highest BCUT2D eigenvalue weighted by molar-refractivity contribution is 9.08. The van der Waals surface area contributed by atoms with Crippen LogP contribution in [0.1, 0.15) is 22.3 Å². The number of halogens is 1. The summed E-state index contributed by atoms with van der Waals surface area (Å²) < 4.78 is 1.92. The molecule has 1 aromatic heterocycles. The third-order valence-corrected chi connectivity index (χ3v) is 8.53. The minimum atomic E-state index is -0.907. The molecule has 0 bridgehead atoms. The summed E-state index contributed by atoms with van der Waals surface area (Å²) in [7, 11) is 0. The van der Waals surface area contributed by atoms with Crippen molar-refractivity contribution in [2.45, 2.75) is 10.9 Å². The van der Waals surface area contributed by atoms with Crippen LogP contribution in [0.15, 0.2) is 144 Å². The quantitative estimate of drug-likeness (QED) is 0.143. The van der Waals surface area contributed by atoms with Gasteiger partial charge in [-0.05, 0) is 55.6 Å². The lowest BCUT2D eigenvalue weighted by atomic mass is 9.77. The molecule has 0 amide bonds. The van der Waals surface area contributed by atoms with E-state index >= 15 is 0 Å². The molecule has 0 aliphatic rings. The van der Waals surface area contributed by atoms with Gasteiger partial charge in [-0.1, -0.05) is 143 Å². The van der Waals surface area contributed by atoms with Gasteiger partial charge in [0.05, 0.1) is 0 Å². The molecule has 0 unspecified atom stereocenters. The van der Waals surface area contributed by atoms with Crippen molar-refractivity contribution < 1.29 is 0 Å². The minimum Gasteiger partial charge on any atom is -0.289 e. The number of nitrogens with zero attached hydrogens (tertiary/aromatic N) is 4. The Morgan fingerprint density at radius 3 is 1.79 bits per heavy atom. The largest absolute Gasteiger partial charge is 0.289 e. The number of aromatic nitrogens is 4. The number of rotatable bonds is 6. The molecule has 0 aliphatic heterocycles. The predicted molar refractivity (Wildman–Crippen MR) is 172 cm³/mol. The van der Waals surface area contributed by atoms with Gasteiger partial charge in [0.1, 0.15) is 5.54 Å². The molecule has 202 valence electrons. The maximum Gasteiger partial charge on any atom is 0.194 e. The van der Waals surface area contributed by atoms with Crippen LogP contribution in [0, 0.1) is 0 Å². The van der Waals surface area contributed by atoms with Gasteiger partial charge in [-0.25, -0.2) is 4.68 Å². The molecule has 0 N–H and O–H groups in total. The van der Waals surface area contributed by atoms with Gasteiger partial charge in [-0.15, -0.1) is 5.10 Å². The van der Waals surface area contributed by atoms with E-state index in [0.717, 1.165) is 38.6 Å². The van der Waals surface area contributed by atoms with Crippen LogP contribution < -0.4 is 5.43 Å². The van der Waals surface area contributed by atoms with Gasteiger partial charge >= 0.3 is 0 Å². The van der Waals surface area contributed by atoms with Crippen LogP contribution in [0.5, 0.6) is 0 Å². The first-order valence-corrected chi connectivity index (χ1v) is 14.8. The maximum absolute atomic E-state index is 14.0. The van der Waals surface area contributed by atoms with Crippen molar-refractivity contribution in [2.75, 3.05) is 0 Å². The van der Waals surface area contributed by atoms with E-state index < -0.39 is 5.54 Å². The highest BCUT2D eigenvalue weighted by Crippen LogP contribution is 2.43. The standard InChI is InChI=1S/C36H25BrN4O/c37-24-25-20-21-31-32(22-25)34(42)30-19-11-10-12-26(30)23-33(31)35-38-39-40-41(35)36(27-13-4-1-5-14-27,28-15-6-2-7-16-28)29-17-8-3-9-18-29/h1-23H,24H2. The molecule has 0 spiro atoms. The molecule has 7 aromatic rings. The number of hydrogen-bond acceptors (Lipinski definition) is 4. The number of benzene rings is 5. The van der Waals surface area contributed by atoms with Gasteiger partial charge in [0.25, 0.3) is 0 Å². The third-order valence-electron chi connectivity index (χ3n) is 7.88. The van der Waals surface area contributed by atoms with Gasteiger partial charge in [-0.3, -0.25) is 4.79 Å². The van der Waals surface area contributed by atoms with Crippen LogP contribution in [0.25, 0.3) is 32.9 Å². The van der Waals surface area contributed by atoms with Gasteiger partial charge in [0, 0.05) is 21.7 Å². The van der Waals surface area contributed by atoms with E-state index in [1.165, 1.54) is 0 Å². The second kappa shape index (κ2) is 10.8. The Morgan fingerprint density at radius 2 is 1.19 bits per heavy atom. The van der Waals surface area contributed by atoms with Crippen LogP contribution in [0.2, 0.25) is 0 Å². The second-order valence-electron chi connectivity index (χ2n) is 10.2. The summed E-state index contributed by atoms with van der Waals surface area (Å²) in [6.07, 6.45) is 0. The molecule has 7 rings (SSSR count). The Bertz CT molecular complexity index is 2000. The summed E-state index contributed by atoms with van der Waals surface area (Å²) in [5, 5.41) is 17.2. The third kappa shape index (κ3) is 4.14. The highest BCUT2D eigenvalue weighted by atomic mass is 79.9. The highest BCUT2D eigenvalue weighted by Gasteiger charge is 2.42. The molecule has 6 heteroatoms. The minimum absolute atomic E-state index is 0.0193. The first-order chi connectivity index (χ1) is 20.7. The molecule has 0 saturated carbocycles. The lowest BCUT2D eigenvalue weighted by Gasteiger charge is -2.36.